The van der Waals surface area contributed by atoms with Gasteiger partial charge in [0.05, 0.1) is 5.69 Å². The number of aryl methyl sites for hydroxylation is 2. The monoisotopic (exact) mass is 313 g/mol. The van der Waals surface area contributed by atoms with Crippen LogP contribution in [0.5, 0.6) is 0 Å². The second kappa shape index (κ2) is 6.15. The first-order valence-corrected chi connectivity index (χ1v) is 7.34. The summed E-state index contributed by atoms with van der Waals surface area (Å²) in [5, 5.41) is 8.43. The highest BCUT2D eigenvalue weighted by Gasteiger charge is 2.07. The second-order valence-corrected chi connectivity index (χ2v) is 5.45. The molecule has 0 bridgehead atoms. The van der Waals surface area contributed by atoms with Gasteiger partial charge in [-0.05, 0) is 31.5 Å². The van der Waals surface area contributed by atoms with Crippen molar-refractivity contribution in [3.8, 4) is 5.82 Å². The molecular weight excluding hydrogens is 298 g/mol. The van der Waals surface area contributed by atoms with Crippen molar-refractivity contribution in [1.29, 1.82) is 0 Å². The molecule has 1 aromatic carbocycles. The van der Waals surface area contributed by atoms with Crippen molar-refractivity contribution in [2.75, 3.05) is 5.32 Å². The zero-order valence-corrected chi connectivity index (χ0v) is 13.2. The molecule has 0 spiro atoms. The molecule has 0 unspecified atom stereocenters. The standard InChI is InChI=1S/C16H16ClN5/c1-11-7-12(2)22(21-11)16-8-15(19-10-20-16)18-9-13-5-3-4-6-14(13)17/h3-8,10H,9H2,1-2H3,(H,18,19,20). The van der Waals surface area contributed by atoms with Crippen LogP contribution in [0.3, 0.4) is 0 Å². The number of nitrogens with zero attached hydrogens (tertiary/aromatic N) is 4. The lowest BCUT2D eigenvalue weighted by Crippen LogP contribution is -2.06. The zero-order valence-electron chi connectivity index (χ0n) is 12.4. The fourth-order valence-electron chi connectivity index (χ4n) is 2.25. The minimum absolute atomic E-state index is 0.604. The SMILES string of the molecule is Cc1cc(C)n(-c2cc(NCc3ccccc3Cl)ncn2)n1. The van der Waals surface area contributed by atoms with Gasteiger partial charge in [-0.3, -0.25) is 0 Å². The number of halogens is 1. The van der Waals surface area contributed by atoms with Gasteiger partial charge in [0.1, 0.15) is 12.1 Å². The predicted octanol–water partition coefficient (Wildman–Crippen LogP) is 3.54. The first kappa shape index (κ1) is 14.5. The van der Waals surface area contributed by atoms with Crippen molar-refractivity contribution in [1.82, 2.24) is 19.7 Å². The highest BCUT2D eigenvalue weighted by atomic mass is 35.5. The topological polar surface area (TPSA) is 55.6 Å². The van der Waals surface area contributed by atoms with E-state index in [1.54, 1.807) is 4.68 Å². The summed E-state index contributed by atoms with van der Waals surface area (Å²) in [4.78, 5) is 8.52. The lowest BCUT2D eigenvalue weighted by atomic mass is 10.2. The molecule has 0 aliphatic heterocycles. The third-order valence-corrected chi connectivity index (χ3v) is 3.67. The van der Waals surface area contributed by atoms with E-state index in [1.807, 2.05) is 50.2 Å². The van der Waals surface area contributed by atoms with Crippen molar-refractivity contribution in [3.05, 3.63) is 64.7 Å². The molecule has 0 atom stereocenters. The fourth-order valence-corrected chi connectivity index (χ4v) is 2.45. The van der Waals surface area contributed by atoms with Gasteiger partial charge in [-0.25, -0.2) is 14.6 Å². The molecule has 2 heterocycles. The lowest BCUT2D eigenvalue weighted by molar-refractivity contribution is 0.800. The van der Waals surface area contributed by atoms with Crippen LogP contribution in [0.15, 0.2) is 42.7 Å². The molecule has 3 rings (SSSR count). The summed E-state index contributed by atoms with van der Waals surface area (Å²) in [6.07, 6.45) is 1.53. The summed E-state index contributed by atoms with van der Waals surface area (Å²) in [7, 11) is 0. The van der Waals surface area contributed by atoms with Gasteiger partial charge in [0.25, 0.3) is 0 Å². The summed E-state index contributed by atoms with van der Waals surface area (Å²) < 4.78 is 1.80. The van der Waals surface area contributed by atoms with E-state index < -0.39 is 0 Å². The Balaban J connectivity index is 1.80. The van der Waals surface area contributed by atoms with E-state index in [0.29, 0.717) is 6.54 Å². The maximum absolute atomic E-state index is 6.15. The number of nitrogens with one attached hydrogen (secondary N) is 1. The largest absolute Gasteiger partial charge is 0.366 e. The highest BCUT2D eigenvalue weighted by molar-refractivity contribution is 6.31. The van der Waals surface area contributed by atoms with Gasteiger partial charge in [0.15, 0.2) is 5.82 Å². The maximum atomic E-state index is 6.15. The van der Waals surface area contributed by atoms with E-state index in [0.717, 1.165) is 33.6 Å². The molecule has 6 heteroatoms. The molecule has 22 heavy (non-hydrogen) atoms. The summed E-state index contributed by atoms with van der Waals surface area (Å²) in [5.74, 6) is 1.47. The predicted molar refractivity (Wildman–Crippen MR) is 87.4 cm³/mol. The molecular formula is C16H16ClN5. The van der Waals surface area contributed by atoms with Crippen LogP contribution in [0.4, 0.5) is 5.82 Å². The highest BCUT2D eigenvalue weighted by Crippen LogP contribution is 2.17. The Morgan fingerprint density at radius 3 is 2.68 bits per heavy atom. The van der Waals surface area contributed by atoms with Crippen molar-refractivity contribution in [3.63, 3.8) is 0 Å². The number of anilines is 1. The van der Waals surface area contributed by atoms with E-state index in [1.165, 1.54) is 6.33 Å². The Kier molecular flexibility index (Phi) is 4.06. The van der Waals surface area contributed by atoms with E-state index in [-0.39, 0.29) is 0 Å². The van der Waals surface area contributed by atoms with Gasteiger partial charge in [-0.1, -0.05) is 29.8 Å². The average molecular weight is 314 g/mol. The molecule has 112 valence electrons. The summed E-state index contributed by atoms with van der Waals surface area (Å²) in [5.41, 5.74) is 3.02. The van der Waals surface area contributed by atoms with Gasteiger partial charge in [-0.15, -0.1) is 0 Å². The van der Waals surface area contributed by atoms with E-state index >= 15 is 0 Å². The Morgan fingerprint density at radius 2 is 1.95 bits per heavy atom. The summed E-state index contributed by atoms with van der Waals surface area (Å²) in [6, 6.07) is 11.6. The Hall–Kier alpha value is -2.40. The third-order valence-electron chi connectivity index (χ3n) is 3.30. The first-order chi connectivity index (χ1) is 10.6. The molecule has 0 saturated carbocycles. The van der Waals surface area contributed by atoms with Crippen molar-refractivity contribution in [2.45, 2.75) is 20.4 Å². The second-order valence-electron chi connectivity index (χ2n) is 5.05. The Morgan fingerprint density at radius 1 is 1.14 bits per heavy atom. The minimum Gasteiger partial charge on any atom is -0.366 e. The molecule has 5 nitrogen and oxygen atoms in total. The molecule has 0 saturated heterocycles. The van der Waals surface area contributed by atoms with Gasteiger partial charge in [-0.2, -0.15) is 5.10 Å². The molecule has 1 N–H and O–H groups in total. The average Bonchev–Trinajstić information content (AvgIpc) is 2.85. The molecule has 0 fully saturated rings. The summed E-state index contributed by atoms with van der Waals surface area (Å²) >= 11 is 6.15. The number of aromatic nitrogens is 4. The van der Waals surface area contributed by atoms with E-state index in [9.17, 15) is 0 Å². The van der Waals surface area contributed by atoms with Gasteiger partial charge >= 0.3 is 0 Å². The van der Waals surface area contributed by atoms with Crippen LogP contribution < -0.4 is 5.32 Å². The van der Waals surface area contributed by atoms with Crippen LogP contribution in [0.2, 0.25) is 5.02 Å². The molecule has 3 aromatic rings. The fraction of sp³-hybridized carbons (Fsp3) is 0.188. The Labute approximate surface area is 134 Å². The van der Waals surface area contributed by atoms with E-state index in [2.05, 4.69) is 20.4 Å². The van der Waals surface area contributed by atoms with Crippen LogP contribution in [0.1, 0.15) is 17.0 Å². The molecule has 0 amide bonds. The van der Waals surface area contributed by atoms with Gasteiger partial charge < -0.3 is 5.32 Å². The van der Waals surface area contributed by atoms with E-state index in [4.69, 9.17) is 11.6 Å². The van der Waals surface area contributed by atoms with Crippen molar-refractivity contribution < 1.29 is 0 Å². The molecule has 0 aliphatic carbocycles. The number of benzene rings is 1. The minimum atomic E-state index is 0.604. The van der Waals surface area contributed by atoms with Crippen LogP contribution in [0, 0.1) is 13.8 Å². The van der Waals surface area contributed by atoms with Crippen molar-refractivity contribution >= 4 is 17.4 Å². The molecule has 2 aromatic heterocycles. The maximum Gasteiger partial charge on any atom is 0.159 e. The Bertz CT molecular complexity index is 797. The van der Waals surface area contributed by atoms with Crippen LogP contribution in [-0.2, 0) is 6.54 Å². The van der Waals surface area contributed by atoms with Gasteiger partial charge in [0, 0.05) is 23.3 Å². The van der Waals surface area contributed by atoms with Crippen LogP contribution in [0.25, 0.3) is 5.82 Å². The molecule has 0 aliphatic rings. The number of hydrogen-bond acceptors (Lipinski definition) is 4. The zero-order chi connectivity index (χ0) is 15.5. The summed E-state index contributed by atoms with van der Waals surface area (Å²) in [6.45, 7) is 4.56. The van der Waals surface area contributed by atoms with Crippen LogP contribution in [-0.4, -0.2) is 19.7 Å². The first-order valence-electron chi connectivity index (χ1n) is 6.96. The van der Waals surface area contributed by atoms with Crippen molar-refractivity contribution in [2.24, 2.45) is 0 Å². The van der Waals surface area contributed by atoms with Gasteiger partial charge in [0.2, 0.25) is 0 Å². The normalized spacial score (nSPS) is 10.7. The van der Waals surface area contributed by atoms with Crippen LogP contribution >= 0.6 is 11.6 Å². The lowest BCUT2D eigenvalue weighted by Gasteiger charge is -2.09. The quantitative estimate of drug-likeness (QED) is 0.800. The number of hydrogen-bond donors (Lipinski definition) is 1. The third kappa shape index (κ3) is 3.09. The number of rotatable bonds is 4. The smallest absolute Gasteiger partial charge is 0.159 e. The molecule has 0 radical (unpaired) electrons.